The highest BCUT2D eigenvalue weighted by atomic mass is 32.1. The van der Waals surface area contributed by atoms with Gasteiger partial charge in [0.2, 0.25) is 0 Å². The smallest absolute Gasteiger partial charge is 0.166 e. The quantitative estimate of drug-likeness (QED) is 0.726. The molecule has 0 aromatic carbocycles. The SMILES string of the molecule is CC1CCC(CNC(=S)NC(C)C)CC1. The number of thiocarbonyl (C=S) groups is 1. The Morgan fingerprint density at radius 3 is 2.40 bits per heavy atom. The number of hydrogen-bond donors (Lipinski definition) is 2. The summed E-state index contributed by atoms with van der Waals surface area (Å²) >= 11 is 5.20. The van der Waals surface area contributed by atoms with Crippen molar-refractivity contribution < 1.29 is 0 Å². The second-order valence-electron chi connectivity index (χ2n) is 5.13. The lowest BCUT2D eigenvalue weighted by Crippen LogP contribution is -2.41. The van der Waals surface area contributed by atoms with E-state index < -0.39 is 0 Å². The van der Waals surface area contributed by atoms with E-state index in [2.05, 4.69) is 31.4 Å². The van der Waals surface area contributed by atoms with Gasteiger partial charge in [0, 0.05) is 12.6 Å². The Morgan fingerprint density at radius 1 is 1.27 bits per heavy atom. The van der Waals surface area contributed by atoms with Crippen molar-refractivity contribution in [2.24, 2.45) is 11.8 Å². The van der Waals surface area contributed by atoms with Crippen LogP contribution in [0.25, 0.3) is 0 Å². The first-order valence-electron chi connectivity index (χ1n) is 6.12. The van der Waals surface area contributed by atoms with Crippen LogP contribution in [0.15, 0.2) is 0 Å². The van der Waals surface area contributed by atoms with E-state index in [4.69, 9.17) is 12.2 Å². The van der Waals surface area contributed by atoms with Crippen LogP contribution in [-0.2, 0) is 0 Å². The zero-order chi connectivity index (χ0) is 11.3. The molecular formula is C12H24N2S. The summed E-state index contributed by atoms with van der Waals surface area (Å²) in [5.41, 5.74) is 0. The molecule has 1 aliphatic rings. The predicted molar refractivity (Wildman–Crippen MR) is 70.0 cm³/mol. The van der Waals surface area contributed by atoms with Gasteiger partial charge < -0.3 is 10.6 Å². The molecule has 15 heavy (non-hydrogen) atoms. The lowest BCUT2D eigenvalue weighted by atomic mass is 9.83. The molecule has 1 saturated carbocycles. The first-order valence-corrected chi connectivity index (χ1v) is 6.53. The summed E-state index contributed by atoms with van der Waals surface area (Å²) in [4.78, 5) is 0. The van der Waals surface area contributed by atoms with E-state index in [0.717, 1.165) is 23.5 Å². The van der Waals surface area contributed by atoms with Crippen LogP contribution >= 0.6 is 12.2 Å². The maximum atomic E-state index is 5.20. The summed E-state index contributed by atoms with van der Waals surface area (Å²) in [6.07, 6.45) is 5.49. The molecule has 3 heteroatoms. The number of nitrogens with one attached hydrogen (secondary N) is 2. The van der Waals surface area contributed by atoms with Crippen LogP contribution < -0.4 is 10.6 Å². The molecule has 0 saturated heterocycles. The molecule has 0 aromatic heterocycles. The van der Waals surface area contributed by atoms with E-state index in [-0.39, 0.29) is 0 Å². The van der Waals surface area contributed by atoms with Gasteiger partial charge in [-0.05, 0) is 50.7 Å². The molecule has 88 valence electrons. The lowest BCUT2D eigenvalue weighted by Gasteiger charge is -2.26. The highest BCUT2D eigenvalue weighted by Crippen LogP contribution is 2.27. The molecule has 1 fully saturated rings. The van der Waals surface area contributed by atoms with Crippen LogP contribution in [0.4, 0.5) is 0 Å². The molecule has 2 nitrogen and oxygen atoms in total. The Kier molecular flexibility index (Phi) is 5.37. The molecular weight excluding hydrogens is 204 g/mol. The molecule has 2 N–H and O–H groups in total. The summed E-state index contributed by atoms with van der Waals surface area (Å²) in [6, 6.07) is 0.427. The van der Waals surface area contributed by atoms with Gasteiger partial charge in [0.1, 0.15) is 0 Å². The molecule has 0 aliphatic heterocycles. The summed E-state index contributed by atoms with van der Waals surface area (Å²) in [7, 11) is 0. The number of rotatable bonds is 3. The Bertz CT molecular complexity index is 196. The van der Waals surface area contributed by atoms with Gasteiger partial charge in [-0.1, -0.05) is 19.8 Å². The molecule has 0 bridgehead atoms. The third-order valence-corrected chi connectivity index (χ3v) is 3.37. The second-order valence-corrected chi connectivity index (χ2v) is 5.54. The fourth-order valence-corrected chi connectivity index (χ4v) is 2.40. The fourth-order valence-electron chi connectivity index (χ4n) is 2.08. The van der Waals surface area contributed by atoms with Crippen molar-refractivity contribution >= 4 is 17.3 Å². The molecule has 1 aliphatic carbocycles. The highest BCUT2D eigenvalue weighted by Gasteiger charge is 2.17. The van der Waals surface area contributed by atoms with Crippen LogP contribution in [-0.4, -0.2) is 17.7 Å². The average molecular weight is 228 g/mol. The molecule has 0 radical (unpaired) electrons. The Balaban J connectivity index is 2.12. The van der Waals surface area contributed by atoms with Crippen molar-refractivity contribution in [3.63, 3.8) is 0 Å². The molecule has 0 spiro atoms. The standard InChI is InChI=1S/C12H24N2S/c1-9(2)14-12(15)13-8-11-6-4-10(3)5-7-11/h9-11H,4-8H2,1-3H3,(H2,13,14,15). The van der Waals surface area contributed by atoms with Crippen LogP contribution in [0.5, 0.6) is 0 Å². The second kappa shape index (κ2) is 6.31. The topological polar surface area (TPSA) is 24.1 Å². The van der Waals surface area contributed by atoms with Gasteiger partial charge in [-0.3, -0.25) is 0 Å². The van der Waals surface area contributed by atoms with Crippen LogP contribution in [0, 0.1) is 11.8 Å². The highest BCUT2D eigenvalue weighted by molar-refractivity contribution is 7.80. The van der Waals surface area contributed by atoms with Crippen LogP contribution in [0.3, 0.4) is 0 Å². The Labute approximate surface area is 99.2 Å². The van der Waals surface area contributed by atoms with Crippen molar-refractivity contribution in [3.8, 4) is 0 Å². The van der Waals surface area contributed by atoms with E-state index >= 15 is 0 Å². The third kappa shape index (κ3) is 5.36. The largest absolute Gasteiger partial charge is 0.362 e. The number of hydrogen-bond acceptors (Lipinski definition) is 1. The van der Waals surface area contributed by atoms with Gasteiger partial charge in [-0.15, -0.1) is 0 Å². The first-order chi connectivity index (χ1) is 7.08. The Hall–Kier alpha value is -0.310. The molecule has 1 rings (SSSR count). The summed E-state index contributed by atoms with van der Waals surface area (Å²) in [5, 5.41) is 7.34. The van der Waals surface area contributed by atoms with Crippen molar-refractivity contribution in [2.75, 3.05) is 6.54 Å². The van der Waals surface area contributed by atoms with Crippen molar-refractivity contribution in [1.82, 2.24) is 10.6 Å². The van der Waals surface area contributed by atoms with Gasteiger partial charge in [0.25, 0.3) is 0 Å². The van der Waals surface area contributed by atoms with Crippen molar-refractivity contribution in [3.05, 3.63) is 0 Å². The summed E-state index contributed by atoms with van der Waals surface area (Å²) in [6.45, 7) is 7.62. The normalized spacial score (nSPS) is 26.4. The maximum Gasteiger partial charge on any atom is 0.166 e. The Morgan fingerprint density at radius 2 is 1.87 bits per heavy atom. The van der Waals surface area contributed by atoms with Gasteiger partial charge in [-0.25, -0.2) is 0 Å². The van der Waals surface area contributed by atoms with Crippen molar-refractivity contribution in [2.45, 2.75) is 52.5 Å². The molecule has 0 heterocycles. The zero-order valence-electron chi connectivity index (χ0n) is 10.2. The van der Waals surface area contributed by atoms with E-state index in [0.29, 0.717) is 6.04 Å². The summed E-state index contributed by atoms with van der Waals surface area (Å²) < 4.78 is 0. The maximum absolute atomic E-state index is 5.20. The minimum absolute atomic E-state index is 0.427. The third-order valence-electron chi connectivity index (χ3n) is 3.11. The average Bonchev–Trinajstić information content (AvgIpc) is 2.16. The van der Waals surface area contributed by atoms with E-state index in [1.54, 1.807) is 0 Å². The molecule has 0 aromatic rings. The van der Waals surface area contributed by atoms with Gasteiger partial charge in [0.05, 0.1) is 0 Å². The minimum Gasteiger partial charge on any atom is -0.362 e. The van der Waals surface area contributed by atoms with Gasteiger partial charge >= 0.3 is 0 Å². The zero-order valence-corrected chi connectivity index (χ0v) is 11.0. The molecule has 0 atom stereocenters. The predicted octanol–water partition coefficient (Wildman–Crippen LogP) is 2.69. The van der Waals surface area contributed by atoms with Gasteiger partial charge in [0.15, 0.2) is 5.11 Å². The first kappa shape index (κ1) is 12.8. The molecule has 0 amide bonds. The van der Waals surface area contributed by atoms with Crippen LogP contribution in [0.2, 0.25) is 0 Å². The lowest BCUT2D eigenvalue weighted by molar-refractivity contribution is 0.290. The van der Waals surface area contributed by atoms with E-state index in [1.165, 1.54) is 25.7 Å². The fraction of sp³-hybridized carbons (Fsp3) is 0.917. The van der Waals surface area contributed by atoms with Gasteiger partial charge in [-0.2, -0.15) is 0 Å². The monoisotopic (exact) mass is 228 g/mol. The molecule has 0 unspecified atom stereocenters. The summed E-state index contributed by atoms with van der Waals surface area (Å²) in [5.74, 6) is 1.76. The van der Waals surface area contributed by atoms with Crippen molar-refractivity contribution in [1.29, 1.82) is 0 Å². The van der Waals surface area contributed by atoms with E-state index in [9.17, 15) is 0 Å². The van der Waals surface area contributed by atoms with Crippen LogP contribution in [0.1, 0.15) is 46.5 Å². The van der Waals surface area contributed by atoms with E-state index in [1.807, 2.05) is 0 Å². The minimum atomic E-state index is 0.427.